The first-order valence-electron chi connectivity index (χ1n) is 10.1. The molecule has 0 amide bonds. The molecule has 0 bridgehead atoms. The number of nitrogens with zero attached hydrogens (tertiary/aromatic N) is 1. The zero-order chi connectivity index (χ0) is 20.9. The molecule has 5 N–H and O–H groups in total. The molecule has 1 rings (SSSR count). The maximum atomic E-state index is 10.3. The predicted octanol–water partition coefficient (Wildman–Crippen LogP) is 0.692. The molecule has 0 radical (unpaired) electrons. The van der Waals surface area contributed by atoms with Crippen molar-refractivity contribution in [2.45, 2.75) is 63.9 Å². The molecule has 7 nitrogen and oxygen atoms in total. The summed E-state index contributed by atoms with van der Waals surface area (Å²) < 4.78 is 5.76. The van der Waals surface area contributed by atoms with Crippen LogP contribution in [-0.4, -0.2) is 87.7 Å². The van der Waals surface area contributed by atoms with Gasteiger partial charge in [-0.3, -0.25) is 4.90 Å². The Labute approximate surface area is 168 Å². The summed E-state index contributed by atoms with van der Waals surface area (Å²) in [5, 5.41) is 48.5. The largest absolute Gasteiger partial charge is 0.492 e. The fourth-order valence-corrected chi connectivity index (χ4v) is 2.92. The van der Waals surface area contributed by atoms with E-state index in [9.17, 15) is 20.4 Å². The van der Waals surface area contributed by atoms with Crippen LogP contribution in [-0.2, 0) is 0 Å². The normalized spacial score (nSPS) is 16.0. The standard InChI is InChI=1S/C21H37NO6/c1-3-4-5-6-11-22(12-13-28-17-9-7-16(2)8-10-17)14-18(24)20(26)21(27)19(25)15-23/h7-10,18-21,23-27H,3-6,11-15H2,1-2H3/t18-,19+,20+,21+/m0/s1. The van der Waals surface area contributed by atoms with Crippen LogP contribution in [0, 0.1) is 6.92 Å². The topological polar surface area (TPSA) is 114 Å². The molecule has 7 heteroatoms. The van der Waals surface area contributed by atoms with Crippen LogP contribution in [0.3, 0.4) is 0 Å². The molecule has 28 heavy (non-hydrogen) atoms. The average molecular weight is 400 g/mol. The first kappa shape index (κ1) is 24.8. The maximum absolute atomic E-state index is 10.3. The highest BCUT2D eigenvalue weighted by Crippen LogP contribution is 2.12. The van der Waals surface area contributed by atoms with Gasteiger partial charge in [-0.15, -0.1) is 0 Å². The highest BCUT2D eigenvalue weighted by atomic mass is 16.5. The van der Waals surface area contributed by atoms with Gasteiger partial charge in [0.2, 0.25) is 0 Å². The number of hydrogen-bond donors (Lipinski definition) is 5. The van der Waals surface area contributed by atoms with Crippen molar-refractivity contribution in [2.24, 2.45) is 0 Å². The van der Waals surface area contributed by atoms with E-state index >= 15 is 0 Å². The minimum absolute atomic E-state index is 0.139. The van der Waals surface area contributed by atoms with Crippen LogP contribution >= 0.6 is 0 Å². The second-order valence-corrected chi connectivity index (χ2v) is 7.32. The van der Waals surface area contributed by atoms with Crippen LogP contribution < -0.4 is 4.74 Å². The van der Waals surface area contributed by atoms with E-state index < -0.39 is 31.0 Å². The monoisotopic (exact) mass is 399 g/mol. The van der Waals surface area contributed by atoms with Crippen molar-refractivity contribution >= 4 is 0 Å². The van der Waals surface area contributed by atoms with Gasteiger partial charge in [0.1, 0.15) is 30.7 Å². The van der Waals surface area contributed by atoms with Crippen LogP contribution in [0.1, 0.15) is 38.2 Å². The Hall–Kier alpha value is -1.22. The van der Waals surface area contributed by atoms with Crippen LogP contribution in [0.5, 0.6) is 5.75 Å². The second-order valence-electron chi connectivity index (χ2n) is 7.32. The minimum Gasteiger partial charge on any atom is -0.492 e. The molecule has 0 unspecified atom stereocenters. The lowest BCUT2D eigenvalue weighted by Crippen LogP contribution is -2.50. The van der Waals surface area contributed by atoms with Crippen molar-refractivity contribution < 1.29 is 30.3 Å². The molecule has 4 atom stereocenters. The summed E-state index contributed by atoms with van der Waals surface area (Å²) in [6, 6.07) is 7.77. The fraction of sp³-hybridized carbons (Fsp3) is 0.714. The van der Waals surface area contributed by atoms with Gasteiger partial charge in [-0.1, -0.05) is 43.9 Å². The van der Waals surface area contributed by atoms with Gasteiger partial charge < -0.3 is 30.3 Å². The lowest BCUT2D eigenvalue weighted by atomic mass is 10.0. The van der Waals surface area contributed by atoms with Gasteiger partial charge in [0, 0.05) is 13.1 Å². The molecule has 0 aliphatic carbocycles. The number of hydrogen-bond acceptors (Lipinski definition) is 7. The Balaban J connectivity index is 2.55. The van der Waals surface area contributed by atoms with E-state index in [1.165, 1.54) is 0 Å². The van der Waals surface area contributed by atoms with Gasteiger partial charge in [0.05, 0.1) is 12.7 Å². The second kappa shape index (κ2) is 13.9. The lowest BCUT2D eigenvalue weighted by molar-refractivity contribution is -0.119. The van der Waals surface area contributed by atoms with Crippen molar-refractivity contribution in [1.29, 1.82) is 0 Å². The summed E-state index contributed by atoms with van der Waals surface area (Å²) >= 11 is 0. The summed E-state index contributed by atoms with van der Waals surface area (Å²) in [4.78, 5) is 1.98. The molecular weight excluding hydrogens is 362 g/mol. The molecule has 0 saturated heterocycles. The molecule has 0 heterocycles. The molecule has 0 aliphatic heterocycles. The summed E-state index contributed by atoms with van der Waals surface area (Å²) in [6.07, 6.45) is -1.58. The summed E-state index contributed by atoms with van der Waals surface area (Å²) in [5.41, 5.74) is 1.16. The Morgan fingerprint density at radius 2 is 1.54 bits per heavy atom. The van der Waals surface area contributed by atoms with Crippen LogP contribution in [0.15, 0.2) is 24.3 Å². The zero-order valence-corrected chi connectivity index (χ0v) is 17.1. The first-order valence-corrected chi connectivity index (χ1v) is 10.1. The van der Waals surface area contributed by atoms with E-state index in [1.54, 1.807) is 0 Å². The number of benzene rings is 1. The van der Waals surface area contributed by atoms with E-state index in [0.717, 1.165) is 43.5 Å². The van der Waals surface area contributed by atoms with Gasteiger partial charge in [0.15, 0.2) is 0 Å². The van der Waals surface area contributed by atoms with Crippen molar-refractivity contribution in [3.63, 3.8) is 0 Å². The molecule has 0 aromatic heterocycles. The van der Waals surface area contributed by atoms with E-state index in [-0.39, 0.29) is 6.54 Å². The van der Waals surface area contributed by atoms with E-state index in [4.69, 9.17) is 9.84 Å². The Bertz CT molecular complexity index is 512. The highest BCUT2D eigenvalue weighted by Gasteiger charge is 2.30. The number of rotatable bonds is 15. The van der Waals surface area contributed by atoms with Crippen LogP contribution in [0.2, 0.25) is 0 Å². The predicted molar refractivity (Wildman–Crippen MR) is 108 cm³/mol. The van der Waals surface area contributed by atoms with Crippen LogP contribution in [0.4, 0.5) is 0 Å². The highest BCUT2D eigenvalue weighted by molar-refractivity contribution is 5.26. The molecule has 162 valence electrons. The third-order valence-corrected chi connectivity index (χ3v) is 4.80. The van der Waals surface area contributed by atoms with E-state index in [1.807, 2.05) is 36.1 Å². The molecule has 0 saturated carbocycles. The van der Waals surface area contributed by atoms with Crippen molar-refractivity contribution in [1.82, 2.24) is 4.90 Å². The quantitative estimate of drug-likeness (QED) is 0.276. The Morgan fingerprint density at radius 1 is 0.893 bits per heavy atom. The summed E-state index contributed by atoms with van der Waals surface area (Å²) in [7, 11) is 0. The van der Waals surface area contributed by atoms with Gasteiger partial charge in [-0.2, -0.15) is 0 Å². The third kappa shape index (κ3) is 9.32. The van der Waals surface area contributed by atoms with E-state index in [2.05, 4.69) is 6.92 Å². The first-order chi connectivity index (χ1) is 13.4. The van der Waals surface area contributed by atoms with Crippen molar-refractivity contribution in [3.05, 3.63) is 29.8 Å². The number of aliphatic hydroxyl groups excluding tert-OH is 5. The minimum atomic E-state index is -1.61. The zero-order valence-electron chi connectivity index (χ0n) is 17.1. The van der Waals surface area contributed by atoms with Gasteiger partial charge >= 0.3 is 0 Å². The summed E-state index contributed by atoms with van der Waals surface area (Å²) in [5.74, 6) is 0.776. The van der Waals surface area contributed by atoms with Gasteiger partial charge in [0.25, 0.3) is 0 Å². The number of aliphatic hydroxyl groups is 5. The molecule has 0 fully saturated rings. The Morgan fingerprint density at radius 3 is 2.14 bits per heavy atom. The summed E-state index contributed by atoms with van der Waals surface area (Å²) in [6.45, 7) is 5.33. The molecule has 0 spiro atoms. The Kier molecular flexibility index (Phi) is 12.3. The lowest BCUT2D eigenvalue weighted by Gasteiger charge is -2.30. The molecular formula is C21H37NO6. The average Bonchev–Trinajstić information content (AvgIpc) is 2.70. The van der Waals surface area contributed by atoms with Crippen molar-refractivity contribution in [2.75, 3.05) is 32.8 Å². The number of ether oxygens (including phenoxy) is 1. The number of aryl methyl sites for hydroxylation is 1. The van der Waals surface area contributed by atoms with Crippen LogP contribution in [0.25, 0.3) is 0 Å². The van der Waals surface area contributed by atoms with Gasteiger partial charge in [-0.25, -0.2) is 0 Å². The fourth-order valence-electron chi connectivity index (χ4n) is 2.92. The molecule has 0 aliphatic rings. The molecule has 1 aromatic carbocycles. The van der Waals surface area contributed by atoms with Crippen molar-refractivity contribution in [3.8, 4) is 5.75 Å². The third-order valence-electron chi connectivity index (χ3n) is 4.80. The van der Waals surface area contributed by atoms with Gasteiger partial charge in [-0.05, 0) is 32.0 Å². The number of unbranched alkanes of at least 4 members (excludes halogenated alkanes) is 3. The smallest absolute Gasteiger partial charge is 0.119 e. The molecule has 1 aromatic rings. The van der Waals surface area contributed by atoms with E-state index in [0.29, 0.717) is 13.2 Å². The SMILES string of the molecule is CCCCCCN(CCOc1ccc(C)cc1)C[C@H](O)[C@@H](O)[C@H](O)[C@H](O)CO. The maximum Gasteiger partial charge on any atom is 0.119 e.